The van der Waals surface area contributed by atoms with Gasteiger partial charge in [-0.1, -0.05) is 53.5 Å². The van der Waals surface area contributed by atoms with E-state index in [9.17, 15) is 0 Å². The molecule has 0 atom stereocenters. The van der Waals surface area contributed by atoms with Crippen LogP contribution in [0.15, 0.2) is 67.0 Å². The van der Waals surface area contributed by atoms with Crippen molar-refractivity contribution in [2.24, 2.45) is 7.05 Å². The molecular weight excluding hydrogens is 657 g/mol. The summed E-state index contributed by atoms with van der Waals surface area (Å²) in [6.45, 7) is 4.85. The van der Waals surface area contributed by atoms with Crippen molar-refractivity contribution < 1.29 is 14.2 Å². The molecule has 49 heavy (non-hydrogen) atoms. The summed E-state index contributed by atoms with van der Waals surface area (Å²) in [6, 6.07) is 19.3. The number of aryl methyl sites for hydroxylation is 1. The van der Waals surface area contributed by atoms with Crippen molar-refractivity contribution in [3.63, 3.8) is 0 Å². The van der Waals surface area contributed by atoms with E-state index in [1.165, 1.54) is 5.56 Å². The summed E-state index contributed by atoms with van der Waals surface area (Å²) < 4.78 is 19.0. The van der Waals surface area contributed by atoms with Gasteiger partial charge in [0.1, 0.15) is 11.4 Å². The number of benzene rings is 2. The van der Waals surface area contributed by atoms with Gasteiger partial charge >= 0.3 is 0 Å². The SMILES string of the molecule is COc1cc(-c2nccc(-c3cccc(-c4ccc5c(CN(C)C6CCOCC6)cn(C)c5n4)c3Cl)c2Cl)ccc1CNC1CCOCC1. The molecule has 0 amide bonds. The maximum Gasteiger partial charge on any atom is 0.140 e. The third kappa shape index (κ3) is 7.22. The van der Waals surface area contributed by atoms with Gasteiger partial charge in [0.05, 0.1) is 28.5 Å². The summed E-state index contributed by atoms with van der Waals surface area (Å²) >= 11 is 14.3. The molecule has 1 N–H and O–H groups in total. The maximum atomic E-state index is 7.19. The lowest BCUT2D eigenvalue weighted by Crippen LogP contribution is -2.36. The van der Waals surface area contributed by atoms with Crippen LogP contribution in [0.2, 0.25) is 10.0 Å². The van der Waals surface area contributed by atoms with Crippen LogP contribution >= 0.6 is 23.2 Å². The Morgan fingerprint density at radius 3 is 2.41 bits per heavy atom. The number of pyridine rings is 2. The molecular formula is C39H43Cl2N5O3. The molecule has 3 aromatic heterocycles. The summed E-state index contributed by atoms with van der Waals surface area (Å²) in [4.78, 5) is 12.2. The number of methoxy groups -OCH3 is 1. The Kier molecular flexibility index (Phi) is 10.5. The largest absolute Gasteiger partial charge is 0.496 e. The van der Waals surface area contributed by atoms with Gasteiger partial charge in [0.2, 0.25) is 0 Å². The lowest BCUT2D eigenvalue weighted by Gasteiger charge is -2.31. The van der Waals surface area contributed by atoms with Crippen LogP contribution in [0.3, 0.4) is 0 Å². The fourth-order valence-electron chi connectivity index (χ4n) is 7.12. The lowest BCUT2D eigenvalue weighted by atomic mass is 9.99. The molecule has 2 aliphatic rings. The van der Waals surface area contributed by atoms with E-state index in [0.29, 0.717) is 27.8 Å². The van der Waals surface area contributed by atoms with Gasteiger partial charge in [0.15, 0.2) is 0 Å². The van der Waals surface area contributed by atoms with Crippen molar-refractivity contribution in [2.45, 2.75) is 50.9 Å². The van der Waals surface area contributed by atoms with E-state index in [1.54, 1.807) is 13.3 Å². The second-order valence-corrected chi connectivity index (χ2v) is 13.8. The normalized spacial score (nSPS) is 16.1. The first-order chi connectivity index (χ1) is 23.9. The first-order valence-electron chi connectivity index (χ1n) is 17.1. The van der Waals surface area contributed by atoms with E-state index in [4.69, 9.17) is 42.4 Å². The highest BCUT2D eigenvalue weighted by Crippen LogP contribution is 2.42. The van der Waals surface area contributed by atoms with Gasteiger partial charge in [-0.25, -0.2) is 4.98 Å². The molecule has 0 bridgehead atoms. The number of nitrogens with zero attached hydrogens (tertiary/aromatic N) is 4. The second kappa shape index (κ2) is 15.2. The number of nitrogens with one attached hydrogen (secondary N) is 1. The van der Waals surface area contributed by atoms with E-state index in [2.05, 4.69) is 58.3 Å². The van der Waals surface area contributed by atoms with Crippen molar-refractivity contribution in [1.82, 2.24) is 24.8 Å². The van der Waals surface area contributed by atoms with Gasteiger partial charge in [0.25, 0.3) is 0 Å². The minimum Gasteiger partial charge on any atom is -0.496 e. The lowest BCUT2D eigenvalue weighted by molar-refractivity contribution is 0.0408. The number of hydrogen-bond donors (Lipinski definition) is 1. The van der Waals surface area contributed by atoms with Crippen LogP contribution in [0.1, 0.15) is 36.8 Å². The molecule has 2 aliphatic heterocycles. The molecule has 0 aliphatic carbocycles. The third-order valence-corrected chi connectivity index (χ3v) is 10.7. The van der Waals surface area contributed by atoms with Crippen LogP contribution in [0, 0.1) is 0 Å². The van der Waals surface area contributed by atoms with Crippen molar-refractivity contribution in [1.29, 1.82) is 0 Å². The first kappa shape index (κ1) is 34.0. The minimum atomic E-state index is 0.447. The standard InChI is InChI=1S/C39H43Cl2N5O3/c1-45(29-14-19-49-20-15-29)23-27-24-46(2)39-30(27)9-10-34(44-39)33-6-4-5-31(36(33)40)32-11-16-42-38(37(32)41)25-7-8-26(35(21-25)47-3)22-43-28-12-17-48-18-13-28/h4-11,16,21,24,28-29,43H,12-15,17-20,22-23H2,1-3H3. The van der Waals surface area contributed by atoms with Crippen LogP contribution in [-0.2, 0) is 29.6 Å². The monoisotopic (exact) mass is 699 g/mol. The molecule has 5 aromatic rings. The number of aromatic nitrogens is 3. The minimum absolute atomic E-state index is 0.447. The van der Waals surface area contributed by atoms with Crippen molar-refractivity contribution in [3.8, 4) is 39.4 Å². The molecule has 0 saturated carbocycles. The Morgan fingerprint density at radius 1 is 0.898 bits per heavy atom. The highest BCUT2D eigenvalue weighted by Gasteiger charge is 2.22. The molecule has 2 fully saturated rings. The van der Waals surface area contributed by atoms with Crippen LogP contribution in [0.5, 0.6) is 5.75 Å². The molecule has 7 rings (SSSR count). The molecule has 2 aromatic carbocycles. The van der Waals surface area contributed by atoms with Crippen LogP contribution < -0.4 is 10.1 Å². The van der Waals surface area contributed by atoms with E-state index in [-0.39, 0.29) is 0 Å². The summed E-state index contributed by atoms with van der Waals surface area (Å²) in [7, 11) is 5.95. The van der Waals surface area contributed by atoms with Gasteiger partial charge in [0, 0.05) is 104 Å². The van der Waals surface area contributed by atoms with Crippen LogP contribution in [-0.4, -0.2) is 72.1 Å². The third-order valence-electron chi connectivity index (χ3n) is 9.96. The molecule has 0 radical (unpaired) electrons. The second-order valence-electron chi connectivity index (χ2n) is 13.1. The molecule has 2 saturated heterocycles. The van der Waals surface area contributed by atoms with Crippen molar-refractivity contribution in [2.75, 3.05) is 40.6 Å². The van der Waals surface area contributed by atoms with Gasteiger partial charge in [-0.3, -0.25) is 9.88 Å². The maximum absolute atomic E-state index is 7.19. The van der Waals surface area contributed by atoms with Gasteiger partial charge in [-0.2, -0.15) is 0 Å². The Balaban J connectivity index is 1.15. The molecule has 8 nitrogen and oxygen atoms in total. The highest BCUT2D eigenvalue weighted by atomic mass is 35.5. The molecule has 10 heteroatoms. The van der Waals surface area contributed by atoms with Gasteiger partial charge < -0.3 is 24.1 Å². The fraction of sp³-hybridized carbons (Fsp3) is 0.385. The van der Waals surface area contributed by atoms with Crippen LogP contribution in [0.25, 0.3) is 44.7 Å². The number of hydrogen-bond acceptors (Lipinski definition) is 7. The number of ether oxygens (including phenoxy) is 3. The average Bonchev–Trinajstić information content (AvgIpc) is 3.45. The molecule has 0 spiro atoms. The molecule has 5 heterocycles. The van der Waals surface area contributed by atoms with E-state index in [1.807, 2.05) is 36.4 Å². The van der Waals surface area contributed by atoms with Crippen LogP contribution in [0.4, 0.5) is 0 Å². The van der Waals surface area contributed by atoms with E-state index >= 15 is 0 Å². The fourth-order valence-corrected chi connectivity index (χ4v) is 7.76. The Labute approximate surface area is 298 Å². The van der Waals surface area contributed by atoms with Crippen molar-refractivity contribution in [3.05, 3.63) is 88.2 Å². The zero-order valence-corrected chi connectivity index (χ0v) is 29.9. The quantitative estimate of drug-likeness (QED) is 0.158. The number of halogens is 2. The Hall–Kier alpha value is -3.50. The smallest absolute Gasteiger partial charge is 0.140 e. The first-order valence-corrected chi connectivity index (χ1v) is 17.8. The topological polar surface area (TPSA) is 73.7 Å². The zero-order valence-electron chi connectivity index (χ0n) is 28.3. The predicted octanol–water partition coefficient (Wildman–Crippen LogP) is 8.16. The number of rotatable bonds is 10. The summed E-state index contributed by atoms with van der Waals surface area (Å²) in [5.41, 5.74) is 8.11. The summed E-state index contributed by atoms with van der Waals surface area (Å²) in [5.74, 6) is 0.792. The van der Waals surface area contributed by atoms with E-state index < -0.39 is 0 Å². The van der Waals surface area contributed by atoms with Gasteiger partial charge in [-0.05, 0) is 62.6 Å². The van der Waals surface area contributed by atoms with Gasteiger partial charge in [-0.15, -0.1) is 0 Å². The predicted molar refractivity (Wildman–Crippen MR) is 197 cm³/mol. The summed E-state index contributed by atoms with van der Waals surface area (Å²) in [6.07, 6.45) is 8.14. The molecule has 0 unspecified atom stereocenters. The Bertz CT molecular complexity index is 1930. The molecule has 256 valence electrons. The summed E-state index contributed by atoms with van der Waals surface area (Å²) in [5, 5.41) is 5.92. The van der Waals surface area contributed by atoms with Crippen molar-refractivity contribution >= 4 is 34.2 Å². The number of fused-ring (bicyclic) bond motifs is 1. The average molecular weight is 701 g/mol. The zero-order chi connectivity index (χ0) is 33.9. The van der Waals surface area contributed by atoms with E-state index in [0.717, 1.165) is 115 Å². The Morgan fingerprint density at radius 2 is 1.63 bits per heavy atom. The highest BCUT2D eigenvalue weighted by molar-refractivity contribution is 6.39.